The zero-order chi connectivity index (χ0) is 13.1. The van der Waals surface area contributed by atoms with E-state index in [9.17, 15) is 0 Å². The van der Waals surface area contributed by atoms with Crippen LogP contribution in [0.25, 0.3) is 0 Å². The number of allylic oxidation sites excluding steroid dienone is 3. The maximum absolute atomic E-state index is 5.34. The first kappa shape index (κ1) is 15.9. The predicted octanol–water partition coefficient (Wildman–Crippen LogP) is 3.23. The quantitative estimate of drug-likeness (QED) is 0.282. The summed E-state index contributed by atoms with van der Waals surface area (Å²) in [6.45, 7) is 10.2. The van der Waals surface area contributed by atoms with E-state index in [0.29, 0.717) is 25.7 Å². The number of aliphatic imine (C=N–C) groups is 1. The number of hydrogen-bond donors (Lipinski definition) is 0. The molecule has 0 spiro atoms. The number of rotatable bonds is 8. The second kappa shape index (κ2) is 10.1. The Bertz CT molecular complexity index is 278. The van der Waals surface area contributed by atoms with Gasteiger partial charge in [-0.3, -0.25) is 4.99 Å². The summed E-state index contributed by atoms with van der Waals surface area (Å²) in [4.78, 5) is 4.31. The molecule has 0 aromatic rings. The topological polar surface area (TPSA) is 30.8 Å². The monoisotopic (exact) mass is 239 g/mol. The zero-order valence-electron chi connectivity index (χ0n) is 11.7. The van der Waals surface area contributed by atoms with E-state index in [0.717, 1.165) is 11.3 Å². The van der Waals surface area contributed by atoms with Crippen molar-refractivity contribution in [3.63, 3.8) is 0 Å². The molecule has 0 N–H and O–H groups in total. The highest BCUT2D eigenvalue weighted by atomic mass is 16.5. The Morgan fingerprint density at radius 3 is 2.59 bits per heavy atom. The number of ether oxygens (including phenoxy) is 2. The Balaban J connectivity index is 3.98. The molecule has 0 heterocycles. The highest BCUT2D eigenvalue weighted by Gasteiger charge is 2.05. The smallest absolute Gasteiger partial charge is 0.102 e. The third kappa shape index (κ3) is 7.75. The molecule has 0 fully saturated rings. The van der Waals surface area contributed by atoms with Gasteiger partial charge in [-0.25, -0.2) is 0 Å². The fourth-order valence-electron chi connectivity index (χ4n) is 1.48. The largest absolute Gasteiger partial charge is 0.501 e. The maximum Gasteiger partial charge on any atom is 0.102 e. The van der Waals surface area contributed by atoms with Gasteiger partial charge in [0.25, 0.3) is 0 Å². The van der Waals surface area contributed by atoms with Gasteiger partial charge in [0.05, 0.1) is 26.9 Å². The van der Waals surface area contributed by atoms with Gasteiger partial charge in [-0.05, 0) is 13.8 Å². The molecule has 0 aromatic carbocycles. The predicted molar refractivity (Wildman–Crippen MR) is 73.5 cm³/mol. The maximum atomic E-state index is 5.34. The summed E-state index contributed by atoms with van der Waals surface area (Å²) in [5.41, 5.74) is 1.08. The van der Waals surface area contributed by atoms with Gasteiger partial charge in [0, 0.05) is 17.7 Å². The Kier molecular flexibility index (Phi) is 9.44. The van der Waals surface area contributed by atoms with E-state index in [-0.39, 0.29) is 0 Å². The van der Waals surface area contributed by atoms with Crippen molar-refractivity contribution in [2.45, 2.75) is 27.7 Å². The second-order valence-corrected chi connectivity index (χ2v) is 4.09. The molecule has 0 rings (SSSR count). The van der Waals surface area contributed by atoms with E-state index in [1.807, 2.05) is 32.2 Å². The van der Waals surface area contributed by atoms with Gasteiger partial charge in [0.1, 0.15) is 5.76 Å². The Hall–Kier alpha value is -1.09. The summed E-state index contributed by atoms with van der Waals surface area (Å²) in [7, 11) is 1.70. The summed E-state index contributed by atoms with van der Waals surface area (Å²) in [5.74, 6) is 1.38. The molecule has 3 heteroatoms. The van der Waals surface area contributed by atoms with Crippen LogP contribution in [-0.4, -0.2) is 33.1 Å². The van der Waals surface area contributed by atoms with Crippen LogP contribution in [0.4, 0.5) is 0 Å². The van der Waals surface area contributed by atoms with Crippen molar-refractivity contribution in [1.82, 2.24) is 0 Å². The van der Waals surface area contributed by atoms with Crippen molar-refractivity contribution in [3.8, 4) is 0 Å². The first-order valence-electron chi connectivity index (χ1n) is 6.07. The van der Waals surface area contributed by atoms with E-state index in [1.165, 1.54) is 0 Å². The molecular weight excluding hydrogens is 214 g/mol. The molecule has 0 aromatic heterocycles. The van der Waals surface area contributed by atoms with Crippen LogP contribution >= 0.6 is 0 Å². The minimum atomic E-state index is 0.386. The Morgan fingerprint density at radius 2 is 2.06 bits per heavy atom. The van der Waals surface area contributed by atoms with Gasteiger partial charge in [-0.15, -0.1) is 0 Å². The highest BCUT2D eigenvalue weighted by molar-refractivity contribution is 5.78. The van der Waals surface area contributed by atoms with Crippen LogP contribution in [-0.2, 0) is 9.47 Å². The van der Waals surface area contributed by atoms with Gasteiger partial charge in [-0.2, -0.15) is 0 Å². The summed E-state index contributed by atoms with van der Waals surface area (Å²) in [5, 5.41) is 0. The third-order valence-electron chi connectivity index (χ3n) is 2.23. The first-order valence-corrected chi connectivity index (χ1v) is 6.07. The molecule has 0 aliphatic rings. The average molecular weight is 239 g/mol. The standard InChI is InChI=1S/C14H25NO2/c1-6-7-9-17-10-8-15-11-13(4)14(16-5)12(2)3/h6-7,11-12H,8-10H2,1-5H3/b7-6-,14-13+,15-11?. The van der Waals surface area contributed by atoms with Crippen molar-refractivity contribution in [2.24, 2.45) is 10.9 Å². The fourth-order valence-corrected chi connectivity index (χ4v) is 1.48. The minimum absolute atomic E-state index is 0.386. The number of nitrogens with zero attached hydrogens (tertiary/aromatic N) is 1. The number of methoxy groups -OCH3 is 1. The molecule has 0 saturated carbocycles. The van der Waals surface area contributed by atoms with E-state index < -0.39 is 0 Å². The van der Waals surface area contributed by atoms with Crippen LogP contribution in [0, 0.1) is 5.92 Å². The van der Waals surface area contributed by atoms with Crippen LogP contribution in [0.15, 0.2) is 28.5 Å². The summed E-state index contributed by atoms with van der Waals surface area (Å²) >= 11 is 0. The zero-order valence-corrected chi connectivity index (χ0v) is 11.7. The molecule has 17 heavy (non-hydrogen) atoms. The van der Waals surface area contributed by atoms with Gasteiger partial charge in [-0.1, -0.05) is 26.0 Å². The lowest BCUT2D eigenvalue weighted by Crippen LogP contribution is -2.02. The molecule has 0 amide bonds. The van der Waals surface area contributed by atoms with E-state index >= 15 is 0 Å². The molecule has 0 saturated heterocycles. The Morgan fingerprint density at radius 1 is 1.35 bits per heavy atom. The first-order chi connectivity index (χ1) is 8.13. The van der Waals surface area contributed by atoms with Crippen molar-refractivity contribution in [1.29, 1.82) is 0 Å². The Labute approximate surface area is 105 Å². The minimum Gasteiger partial charge on any atom is -0.501 e. The molecule has 0 aliphatic heterocycles. The molecule has 0 bridgehead atoms. The van der Waals surface area contributed by atoms with Crippen molar-refractivity contribution in [2.75, 3.05) is 26.9 Å². The molecule has 0 radical (unpaired) electrons. The van der Waals surface area contributed by atoms with Crippen LogP contribution in [0.5, 0.6) is 0 Å². The normalized spacial score (nSPS) is 13.8. The molecule has 0 unspecified atom stereocenters. The van der Waals surface area contributed by atoms with Crippen LogP contribution in [0.1, 0.15) is 27.7 Å². The van der Waals surface area contributed by atoms with Gasteiger partial charge in [0.2, 0.25) is 0 Å². The SMILES string of the molecule is C/C=C\COCCN=C/C(C)=C(/OC)C(C)C. The highest BCUT2D eigenvalue weighted by Crippen LogP contribution is 2.13. The van der Waals surface area contributed by atoms with Crippen LogP contribution in [0.3, 0.4) is 0 Å². The van der Waals surface area contributed by atoms with Crippen molar-refractivity contribution >= 4 is 6.21 Å². The summed E-state index contributed by atoms with van der Waals surface area (Å²) in [6.07, 6.45) is 5.82. The lowest BCUT2D eigenvalue weighted by atomic mass is 10.1. The lowest BCUT2D eigenvalue weighted by Gasteiger charge is -2.11. The molecule has 3 nitrogen and oxygen atoms in total. The molecule has 98 valence electrons. The van der Waals surface area contributed by atoms with E-state index in [4.69, 9.17) is 9.47 Å². The lowest BCUT2D eigenvalue weighted by molar-refractivity contribution is 0.171. The number of hydrogen-bond acceptors (Lipinski definition) is 3. The van der Waals surface area contributed by atoms with Gasteiger partial charge in [0.15, 0.2) is 0 Å². The molecular formula is C14H25NO2. The van der Waals surface area contributed by atoms with Gasteiger partial charge >= 0.3 is 0 Å². The van der Waals surface area contributed by atoms with Crippen molar-refractivity contribution in [3.05, 3.63) is 23.5 Å². The van der Waals surface area contributed by atoms with Crippen LogP contribution < -0.4 is 0 Å². The third-order valence-corrected chi connectivity index (χ3v) is 2.23. The van der Waals surface area contributed by atoms with Crippen LogP contribution in [0.2, 0.25) is 0 Å². The van der Waals surface area contributed by atoms with E-state index in [2.05, 4.69) is 18.8 Å². The fraction of sp³-hybridized carbons (Fsp3) is 0.643. The van der Waals surface area contributed by atoms with Gasteiger partial charge < -0.3 is 9.47 Å². The van der Waals surface area contributed by atoms with Crippen molar-refractivity contribution < 1.29 is 9.47 Å². The van der Waals surface area contributed by atoms with E-state index in [1.54, 1.807) is 7.11 Å². The summed E-state index contributed by atoms with van der Waals surface area (Å²) < 4.78 is 10.7. The summed E-state index contributed by atoms with van der Waals surface area (Å²) in [6, 6.07) is 0. The molecule has 0 atom stereocenters. The second-order valence-electron chi connectivity index (χ2n) is 4.09. The molecule has 0 aliphatic carbocycles. The average Bonchev–Trinajstić information content (AvgIpc) is 2.28.